The smallest absolute Gasteiger partial charge is 0.137 e. The molecule has 3 heterocycles. The highest BCUT2D eigenvalue weighted by atomic mass is 35.5. The molecule has 0 amide bonds. The third-order valence-corrected chi connectivity index (χ3v) is 4.36. The predicted molar refractivity (Wildman–Crippen MR) is 89.2 cm³/mol. The lowest BCUT2D eigenvalue weighted by Gasteiger charge is -2.09. The monoisotopic (exact) mass is 328 g/mol. The van der Waals surface area contributed by atoms with E-state index in [1.807, 2.05) is 41.1 Å². The molecule has 0 bridgehead atoms. The molecule has 1 aromatic carbocycles. The molecule has 0 spiro atoms. The number of aromatic nitrogens is 2. The number of pyridine rings is 1. The van der Waals surface area contributed by atoms with Crippen molar-refractivity contribution in [2.75, 3.05) is 13.2 Å². The van der Waals surface area contributed by atoms with Gasteiger partial charge in [0, 0.05) is 24.9 Å². The molecule has 3 aromatic rings. The van der Waals surface area contributed by atoms with Gasteiger partial charge in [0.25, 0.3) is 0 Å². The number of nitrogens with zero attached hydrogens (tertiary/aromatic N) is 2. The Bertz CT molecular complexity index is 808. The lowest BCUT2D eigenvalue weighted by atomic mass is 9.99. The fourth-order valence-corrected chi connectivity index (χ4v) is 3.05. The third-order valence-electron chi connectivity index (χ3n) is 4.13. The average Bonchev–Trinajstić information content (AvgIpc) is 3.22. The van der Waals surface area contributed by atoms with Crippen LogP contribution in [-0.2, 0) is 11.3 Å². The first-order valence-electron chi connectivity index (χ1n) is 7.71. The molecule has 0 radical (unpaired) electrons. The van der Waals surface area contributed by atoms with E-state index in [1.165, 1.54) is 5.56 Å². The van der Waals surface area contributed by atoms with Gasteiger partial charge in [-0.2, -0.15) is 0 Å². The standard InChI is InChI=1S/C18H17ClN2O2/c19-15-3-6-18-20-16(10-21(18)9-15)12-23-17-4-1-13(2-5-17)14-7-8-22-11-14/h1-6,9-10,14H,7-8,11-12H2. The zero-order chi connectivity index (χ0) is 15.6. The van der Waals surface area contributed by atoms with Gasteiger partial charge in [0.2, 0.25) is 0 Å². The van der Waals surface area contributed by atoms with Crippen molar-refractivity contribution in [3.63, 3.8) is 0 Å². The van der Waals surface area contributed by atoms with Crippen LogP contribution in [0.5, 0.6) is 5.75 Å². The minimum absolute atomic E-state index is 0.436. The van der Waals surface area contributed by atoms with Crippen molar-refractivity contribution in [3.8, 4) is 5.75 Å². The molecule has 4 nitrogen and oxygen atoms in total. The Morgan fingerprint density at radius 1 is 1.17 bits per heavy atom. The zero-order valence-electron chi connectivity index (χ0n) is 12.6. The highest BCUT2D eigenvalue weighted by Crippen LogP contribution is 2.26. The van der Waals surface area contributed by atoms with Crippen LogP contribution in [0.1, 0.15) is 23.6 Å². The number of fused-ring (bicyclic) bond motifs is 1. The Labute approximate surface area is 139 Å². The molecule has 1 fully saturated rings. The topological polar surface area (TPSA) is 35.8 Å². The van der Waals surface area contributed by atoms with Crippen LogP contribution < -0.4 is 4.74 Å². The number of halogens is 1. The van der Waals surface area contributed by atoms with E-state index in [1.54, 1.807) is 0 Å². The summed E-state index contributed by atoms with van der Waals surface area (Å²) in [5, 5.41) is 0.689. The molecule has 1 aliphatic heterocycles. The molecule has 4 rings (SSSR count). The second-order valence-corrected chi connectivity index (χ2v) is 6.20. The van der Waals surface area contributed by atoms with Gasteiger partial charge in [0.15, 0.2) is 0 Å². The maximum absolute atomic E-state index is 5.98. The van der Waals surface area contributed by atoms with Crippen molar-refractivity contribution in [2.45, 2.75) is 18.9 Å². The van der Waals surface area contributed by atoms with Gasteiger partial charge in [0.05, 0.1) is 17.3 Å². The molecule has 1 aliphatic rings. The summed E-state index contributed by atoms with van der Waals surface area (Å²) in [6, 6.07) is 12.0. The Morgan fingerprint density at radius 2 is 2.04 bits per heavy atom. The summed E-state index contributed by atoms with van der Waals surface area (Å²) < 4.78 is 13.2. The van der Waals surface area contributed by atoms with E-state index < -0.39 is 0 Å². The van der Waals surface area contributed by atoms with Crippen molar-refractivity contribution < 1.29 is 9.47 Å². The first kappa shape index (κ1) is 14.5. The first-order chi connectivity index (χ1) is 11.3. The van der Waals surface area contributed by atoms with Crippen LogP contribution >= 0.6 is 11.6 Å². The summed E-state index contributed by atoms with van der Waals surface area (Å²) in [7, 11) is 0. The van der Waals surface area contributed by atoms with Gasteiger partial charge in [0.1, 0.15) is 18.0 Å². The van der Waals surface area contributed by atoms with Crippen LogP contribution in [-0.4, -0.2) is 22.6 Å². The van der Waals surface area contributed by atoms with E-state index in [0.717, 1.165) is 36.7 Å². The maximum atomic E-state index is 5.98. The molecule has 0 aliphatic carbocycles. The summed E-state index contributed by atoms with van der Waals surface area (Å²) in [6.45, 7) is 2.12. The molecule has 0 saturated carbocycles. The normalized spacial score (nSPS) is 17.7. The lowest BCUT2D eigenvalue weighted by molar-refractivity contribution is 0.194. The fraction of sp³-hybridized carbons (Fsp3) is 0.278. The number of hydrogen-bond acceptors (Lipinski definition) is 3. The molecule has 5 heteroatoms. The minimum Gasteiger partial charge on any atom is -0.487 e. The molecule has 0 N–H and O–H groups in total. The van der Waals surface area contributed by atoms with Crippen LogP contribution in [0.25, 0.3) is 5.65 Å². The van der Waals surface area contributed by atoms with Crippen LogP contribution in [0.3, 0.4) is 0 Å². The largest absolute Gasteiger partial charge is 0.487 e. The number of rotatable bonds is 4. The third kappa shape index (κ3) is 3.19. The molecule has 118 valence electrons. The van der Waals surface area contributed by atoms with Crippen LogP contribution in [0.4, 0.5) is 0 Å². The quantitative estimate of drug-likeness (QED) is 0.724. The zero-order valence-corrected chi connectivity index (χ0v) is 13.4. The predicted octanol–water partition coefficient (Wildman–Crippen LogP) is 4.07. The van der Waals surface area contributed by atoms with Gasteiger partial charge >= 0.3 is 0 Å². The lowest BCUT2D eigenvalue weighted by Crippen LogP contribution is -1.99. The second-order valence-electron chi connectivity index (χ2n) is 5.76. The number of ether oxygens (including phenoxy) is 2. The van der Waals surface area contributed by atoms with Gasteiger partial charge in [-0.15, -0.1) is 0 Å². The molecule has 1 saturated heterocycles. The van der Waals surface area contributed by atoms with Gasteiger partial charge in [-0.05, 0) is 36.2 Å². The van der Waals surface area contributed by atoms with Crippen molar-refractivity contribution in [3.05, 3.63) is 65.1 Å². The summed E-state index contributed by atoms with van der Waals surface area (Å²) in [6.07, 6.45) is 4.88. The highest BCUT2D eigenvalue weighted by Gasteiger charge is 2.17. The molecular weight excluding hydrogens is 312 g/mol. The molecule has 1 unspecified atom stereocenters. The van der Waals surface area contributed by atoms with E-state index in [2.05, 4.69) is 17.1 Å². The SMILES string of the molecule is Clc1ccc2nc(COc3ccc(C4CCOC4)cc3)cn2c1. The van der Waals surface area contributed by atoms with E-state index >= 15 is 0 Å². The van der Waals surface area contributed by atoms with E-state index in [0.29, 0.717) is 17.5 Å². The second kappa shape index (κ2) is 6.22. The Balaban J connectivity index is 1.43. The molecule has 23 heavy (non-hydrogen) atoms. The van der Waals surface area contributed by atoms with Crippen LogP contribution in [0.2, 0.25) is 5.02 Å². The number of hydrogen-bond donors (Lipinski definition) is 0. The molecule has 1 atom stereocenters. The van der Waals surface area contributed by atoms with E-state index in [9.17, 15) is 0 Å². The molecule has 2 aromatic heterocycles. The van der Waals surface area contributed by atoms with Crippen molar-refractivity contribution >= 4 is 17.2 Å². The summed E-state index contributed by atoms with van der Waals surface area (Å²) in [5.41, 5.74) is 3.06. The van der Waals surface area contributed by atoms with Gasteiger partial charge in [-0.25, -0.2) is 4.98 Å². The molecular formula is C18H17ClN2O2. The van der Waals surface area contributed by atoms with Gasteiger partial charge < -0.3 is 13.9 Å². The summed E-state index contributed by atoms with van der Waals surface area (Å²) in [5.74, 6) is 1.37. The summed E-state index contributed by atoms with van der Waals surface area (Å²) in [4.78, 5) is 4.51. The van der Waals surface area contributed by atoms with E-state index in [4.69, 9.17) is 21.1 Å². The van der Waals surface area contributed by atoms with E-state index in [-0.39, 0.29) is 0 Å². The Hall–Kier alpha value is -2.04. The number of imidazole rings is 1. The van der Waals surface area contributed by atoms with Crippen LogP contribution in [0.15, 0.2) is 48.8 Å². The first-order valence-corrected chi connectivity index (χ1v) is 8.09. The minimum atomic E-state index is 0.436. The fourth-order valence-electron chi connectivity index (χ4n) is 2.88. The van der Waals surface area contributed by atoms with Crippen LogP contribution in [0, 0.1) is 0 Å². The summed E-state index contributed by atoms with van der Waals surface area (Å²) >= 11 is 5.98. The maximum Gasteiger partial charge on any atom is 0.137 e. The number of benzene rings is 1. The average molecular weight is 329 g/mol. The van der Waals surface area contributed by atoms with Gasteiger partial charge in [-0.1, -0.05) is 23.7 Å². The van der Waals surface area contributed by atoms with Crippen molar-refractivity contribution in [1.82, 2.24) is 9.38 Å². The Morgan fingerprint density at radius 3 is 2.83 bits per heavy atom. The Kier molecular flexibility index (Phi) is 3.93. The van der Waals surface area contributed by atoms with Crippen molar-refractivity contribution in [2.24, 2.45) is 0 Å². The van der Waals surface area contributed by atoms with Gasteiger partial charge in [-0.3, -0.25) is 0 Å². The van der Waals surface area contributed by atoms with Crippen molar-refractivity contribution in [1.29, 1.82) is 0 Å². The highest BCUT2D eigenvalue weighted by molar-refractivity contribution is 6.30.